The lowest BCUT2D eigenvalue weighted by Crippen LogP contribution is -2.33. The lowest BCUT2D eigenvalue weighted by Gasteiger charge is -2.30. The molecule has 0 aliphatic carbocycles. The van der Waals surface area contributed by atoms with Gasteiger partial charge in [-0.05, 0) is 19.3 Å². The minimum atomic E-state index is -2.98. The van der Waals surface area contributed by atoms with E-state index in [1.807, 2.05) is 67.6 Å². The van der Waals surface area contributed by atoms with Crippen LogP contribution in [0.5, 0.6) is 0 Å². The van der Waals surface area contributed by atoms with Gasteiger partial charge in [0.25, 0.3) is 0 Å². The van der Waals surface area contributed by atoms with E-state index in [0.717, 1.165) is 29.9 Å². The molecule has 142 valence electrons. The third kappa shape index (κ3) is 5.07. The number of aliphatic hydroxyl groups excluding tert-OH is 2. The molecule has 0 aliphatic rings. The van der Waals surface area contributed by atoms with Crippen LogP contribution in [-0.2, 0) is 4.57 Å². The van der Waals surface area contributed by atoms with Gasteiger partial charge in [-0.25, -0.2) is 0 Å². The fraction of sp³-hybridized carbons (Fsp3) is 0.455. The molecular formula is C22H31O3P. The van der Waals surface area contributed by atoms with Crippen molar-refractivity contribution in [1.82, 2.24) is 0 Å². The van der Waals surface area contributed by atoms with Crippen LogP contribution in [0.3, 0.4) is 0 Å². The molecule has 0 amide bonds. The van der Waals surface area contributed by atoms with E-state index in [4.69, 9.17) is 0 Å². The summed E-state index contributed by atoms with van der Waals surface area (Å²) in [6.07, 6.45) is 2.66. The topological polar surface area (TPSA) is 57.5 Å². The molecule has 0 aliphatic heterocycles. The van der Waals surface area contributed by atoms with Gasteiger partial charge in [0, 0.05) is 16.3 Å². The van der Waals surface area contributed by atoms with Crippen LogP contribution in [0.1, 0.15) is 46.0 Å². The fourth-order valence-electron chi connectivity index (χ4n) is 3.35. The van der Waals surface area contributed by atoms with Gasteiger partial charge in [-0.3, -0.25) is 0 Å². The van der Waals surface area contributed by atoms with Gasteiger partial charge < -0.3 is 14.8 Å². The van der Waals surface area contributed by atoms with Gasteiger partial charge >= 0.3 is 0 Å². The van der Waals surface area contributed by atoms with Crippen molar-refractivity contribution < 1.29 is 14.8 Å². The Morgan fingerprint density at radius 1 is 0.846 bits per heavy atom. The highest BCUT2D eigenvalue weighted by Gasteiger charge is 2.37. The molecule has 2 aromatic rings. The number of hydrogen-bond acceptors (Lipinski definition) is 3. The maximum absolute atomic E-state index is 14.2. The van der Waals surface area contributed by atoms with Gasteiger partial charge in [0.2, 0.25) is 0 Å². The largest absolute Gasteiger partial charge is 0.393 e. The maximum Gasteiger partial charge on any atom is 0.148 e. The van der Waals surface area contributed by atoms with Gasteiger partial charge in [0.15, 0.2) is 0 Å². The lowest BCUT2D eigenvalue weighted by atomic mass is 10.0. The maximum atomic E-state index is 14.2. The zero-order valence-electron chi connectivity index (χ0n) is 15.8. The van der Waals surface area contributed by atoms with Crippen LogP contribution in [0.2, 0.25) is 0 Å². The first kappa shape index (κ1) is 20.9. The van der Waals surface area contributed by atoms with E-state index < -0.39 is 25.0 Å². The second-order valence-electron chi connectivity index (χ2n) is 7.01. The number of unbranched alkanes of at least 4 members (excludes halogenated alkanes) is 1. The Morgan fingerprint density at radius 3 is 1.81 bits per heavy atom. The van der Waals surface area contributed by atoms with Crippen molar-refractivity contribution in [2.45, 2.75) is 63.8 Å². The molecular weight excluding hydrogens is 343 g/mol. The molecule has 0 bridgehead atoms. The molecule has 2 rings (SSSR count). The quantitative estimate of drug-likeness (QED) is 0.616. The Labute approximate surface area is 157 Å². The minimum Gasteiger partial charge on any atom is -0.393 e. The molecule has 0 radical (unpaired) electrons. The second-order valence-corrected chi connectivity index (χ2v) is 10.2. The summed E-state index contributed by atoms with van der Waals surface area (Å²) in [4.78, 5) is 0. The highest BCUT2D eigenvalue weighted by molar-refractivity contribution is 7.79. The van der Waals surface area contributed by atoms with Crippen molar-refractivity contribution in [1.29, 1.82) is 0 Å². The number of hydrogen-bond donors (Lipinski definition) is 2. The van der Waals surface area contributed by atoms with E-state index in [9.17, 15) is 14.8 Å². The fourth-order valence-corrected chi connectivity index (χ4v) is 6.45. The van der Waals surface area contributed by atoms with Crippen LogP contribution in [0, 0.1) is 0 Å². The summed E-state index contributed by atoms with van der Waals surface area (Å²) in [5.41, 5.74) is -0.411. The van der Waals surface area contributed by atoms with Crippen molar-refractivity contribution in [2.75, 3.05) is 0 Å². The number of benzene rings is 2. The molecule has 0 fully saturated rings. The summed E-state index contributed by atoms with van der Waals surface area (Å²) in [5, 5.41) is 22.4. The van der Waals surface area contributed by atoms with Crippen molar-refractivity contribution in [3.05, 3.63) is 60.7 Å². The van der Waals surface area contributed by atoms with E-state index in [1.54, 1.807) is 0 Å². The third-order valence-electron chi connectivity index (χ3n) is 5.10. The predicted octanol–water partition coefficient (Wildman–Crippen LogP) is 4.08. The molecule has 3 nitrogen and oxygen atoms in total. The Balaban J connectivity index is 2.22. The molecule has 0 heterocycles. The SMILES string of the molecule is CCCCC(O)CC[C@@H](O)[C@H](C)P(=O)(c1ccccc1)c1ccccc1. The molecule has 0 saturated carbocycles. The van der Waals surface area contributed by atoms with Crippen molar-refractivity contribution in [3.63, 3.8) is 0 Å². The normalized spacial score (nSPS) is 15.4. The molecule has 2 N–H and O–H groups in total. The average Bonchev–Trinajstić information content (AvgIpc) is 2.70. The summed E-state index contributed by atoms with van der Waals surface area (Å²) in [6, 6.07) is 18.9. The first-order valence-electron chi connectivity index (χ1n) is 9.57. The van der Waals surface area contributed by atoms with Gasteiger partial charge in [-0.15, -0.1) is 0 Å². The summed E-state index contributed by atoms with van der Waals surface area (Å²) in [5.74, 6) is 0. The summed E-state index contributed by atoms with van der Waals surface area (Å²) in [6.45, 7) is 3.96. The van der Waals surface area contributed by atoms with Gasteiger partial charge in [-0.2, -0.15) is 0 Å². The highest BCUT2D eigenvalue weighted by atomic mass is 31.2. The molecule has 0 aromatic heterocycles. The highest BCUT2D eigenvalue weighted by Crippen LogP contribution is 2.50. The Morgan fingerprint density at radius 2 is 1.35 bits per heavy atom. The zero-order chi connectivity index (χ0) is 19.0. The Hall–Kier alpha value is -1.41. The standard InChI is InChI=1S/C22H31O3P/c1-3-4-11-19(23)16-17-22(24)18(2)26(25,20-12-7-5-8-13-20)21-14-9-6-10-15-21/h5-10,12-15,18-19,22-24H,3-4,11,16-17H2,1-2H3/t18-,19?,22+/m0/s1. The molecule has 4 heteroatoms. The van der Waals surface area contributed by atoms with E-state index in [2.05, 4.69) is 6.92 Å². The van der Waals surface area contributed by atoms with Crippen LogP contribution >= 0.6 is 7.14 Å². The zero-order valence-corrected chi connectivity index (χ0v) is 16.7. The van der Waals surface area contributed by atoms with Crippen LogP contribution < -0.4 is 10.6 Å². The first-order valence-corrected chi connectivity index (χ1v) is 11.3. The van der Waals surface area contributed by atoms with Crippen molar-refractivity contribution >= 4 is 17.8 Å². The first-order chi connectivity index (χ1) is 12.5. The number of rotatable bonds is 10. The van der Waals surface area contributed by atoms with Gasteiger partial charge in [0.1, 0.15) is 7.14 Å². The van der Waals surface area contributed by atoms with E-state index in [1.165, 1.54) is 0 Å². The van der Waals surface area contributed by atoms with Crippen LogP contribution in [0.4, 0.5) is 0 Å². The smallest absolute Gasteiger partial charge is 0.148 e. The van der Waals surface area contributed by atoms with E-state index in [-0.39, 0.29) is 0 Å². The van der Waals surface area contributed by atoms with Crippen molar-refractivity contribution in [2.24, 2.45) is 0 Å². The predicted molar refractivity (Wildman–Crippen MR) is 110 cm³/mol. The summed E-state index contributed by atoms with van der Waals surface area (Å²) < 4.78 is 14.2. The molecule has 0 spiro atoms. The van der Waals surface area contributed by atoms with Crippen LogP contribution in [-0.4, -0.2) is 28.1 Å². The molecule has 26 heavy (non-hydrogen) atoms. The number of aliphatic hydroxyl groups is 2. The monoisotopic (exact) mass is 374 g/mol. The van der Waals surface area contributed by atoms with Crippen LogP contribution in [0.25, 0.3) is 0 Å². The van der Waals surface area contributed by atoms with Crippen LogP contribution in [0.15, 0.2) is 60.7 Å². The Kier molecular flexibility index (Phi) is 8.09. The lowest BCUT2D eigenvalue weighted by molar-refractivity contribution is 0.107. The summed E-state index contributed by atoms with van der Waals surface area (Å²) >= 11 is 0. The van der Waals surface area contributed by atoms with Gasteiger partial charge in [0.05, 0.1) is 12.2 Å². The molecule has 0 saturated heterocycles. The minimum absolute atomic E-state index is 0.398. The third-order valence-corrected chi connectivity index (χ3v) is 8.72. The molecule has 1 unspecified atom stereocenters. The molecule has 3 atom stereocenters. The van der Waals surface area contributed by atoms with E-state index >= 15 is 0 Å². The Bertz CT molecular complexity index is 644. The van der Waals surface area contributed by atoms with E-state index in [0.29, 0.717) is 12.8 Å². The average molecular weight is 374 g/mol. The molecule has 2 aromatic carbocycles. The van der Waals surface area contributed by atoms with Crippen molar-refractivity contribution in [3.8, 4) is 0 Å². The summed E-state index contributed by atoms with van der Waals surface area (Å²) in [7, 11) is -2.98. The van der Waals surface area contributed by atoms with Gasteiger partial charge in [-0.1, -0.05) is 87.4 Å². The second kappa shape index (κ2) is 10.1.